The summed E-state index contributed by atoms with van der Waals surface area (Å²) < 4.78 is 5.34. The van der Waals surface area contributed by atoms with Gasteiger partial charge in [-0.25, -0.2) is 4.98 Å². The van der Waals surface area contributed by atoms with Gasteiger partial charge < -0.3 is 14.8 Å². The van der Waals surface area contributed by atoms with Gasteiger partial charge in [0, 0.05) is 12.0 Å². The van der Waals surface area contributed by atoms with Crippen LogP contribution in [-0.2, 0) is 11.2 Å². The molecule has 122 valence electrons. The first-order valence-electron chi connectivity index (χ1n) is 7.63. The van der Waals surface area contributed by atoms with Crippen LogP contribution < -0.4 is 4.74 Å². The number of aromatic amines is 1. The maximum absolute atomic E-state index is 11.2. The molecule has 0 unspecified atom stereocenters. The highest BCUT2D eigenvalue weighted by Gasteiger charge is 2.11. The van der Waals surface area contributed by atoms with Crippen molar-refractivity contribution in [3.05, 3.63) is 35.8 Å². The maximum Gasteiger partial charge on any atom is 0.306 e. The molecule has 1 heterocycles. The van der Waals surface area contributed by atoms with Crippen LogP contribution in [0.1, 0.15) is 42.5 Å². The lowest BCUT2D eigenvalue weighted by Crippen LogP contribution is -2.04. The van der Waals surface area contributed by atoms with Gasteiger partial charge in [-0.2, -0.15) is 0 Å². The lowest BCUT2D eigenvalue weighted by Gasteiger charge is -2.05. The minimum atomic E-state index is -0.895. The number of aromatic nitrogens is 2. The summed E-state index contributed by atoms with van der Waals surface area (Å²) in [4.78, 5) is 29.2. The second-order valence-electron chi connectivity index (χ2n) is 5.18. The summed E-state index contributed by atoms with van der Waals surface area (Å²) in [7, 11) is 0. The van der Waals surface area contributed by atoms with E-state index in [1.54, 1.807) is 12.1 Å². The standard InChI is InChI=1S/C17H20N2O4/c1-2-3-4-15-18-14(11-20)17(19-15)12-5-7-13(8-6-12)23-10-9-16(21)22/h5-8,11H,2-4,9-10H2,1H3,(H,18,19)(H,21,22). The summed E-state index contributed by atoms with van der Waals surface area (Å²) in [6, 6.07) is 7.10. The molecule has 6 nitrogen and oxygen atoms in total. The minimum Gasteiger partial charge on any atom is -0.493 e. The Hall–Kier alpha value is -2.63. The van der Waals surface area contributed by atoms with Gasteiger partial charge in [-0.15, -0.1) is 0 Å². The largest absolute Gasteiger partial charge is 0.493 e. The van der Waals surface area contributed by atoms with Crippen LogP contribution in [0.5, 0.6) is 5.75 Å². The number of H-pyrrole nitrogens is 1. The Morgan fingerprint density at radius 1 is 1.35 bits per heavy atom. The first-order chi connectivity index (χ1) is 11.1. The summed E-state index contributed by atoms with van der Waals surface area (Å²) in [5.41, 5.74) is 1.91. The second kappa shape index (κ2) is 8.12. The summed E-state index contributed by atoms with van der Waals surface area (Å²) in [5.74, 6) is 0.503. The number of carbonyl (C=O) groups excluding carboxylic acids is 1. The quantitative estimate of drug-likeness (QED) is 0.694. The van der Waals surface area contributed by atoms with Gasteiger partial charge in [-0.1, -0.05) is 13.3 Å². The molecular formula is C17H20N2O4. The second-order valence-corrected chi connectivity index (χ2v) is 5.18. The third kappa shape index (κ3) is 4.67. The number of ether oxygens (including phenoxy) is 1. The van der Waals surface area contributed by atoms with Crippen LogP contribution in [0.2, 0.25) is 0 Å². The Bertz CT molecular complexity index is 662. The number of unbranched alkanes of at least 4 members (excludes halogenated alkanes) is 1. The highest BCUT2D eigenvalue weighted by molar-refractivity contribution is 5.83. The summed E-state index contributed by atoms with van der Waals surface area (Å²) >= 11 is 0. The topological polar surface area (TPSA) is 92.3 Å². The van der Waals surface area contributed by atoms with Gasteiger partial charge in [-0.3, -0.25) is 9.59 Å². The van der Waals surface area contributed by atoms with E-state index >= 15 is 0 Å². The van der Waals surface area contributed by atoms with Gasteiger partial charge in [0.1, 0.15) is 17.3 Å². The monoisotopic (exact) mass is 316 g/mol. The van der Waals surface area contributed by atoms with Crippen LogP contribution >= 0.6 is 0 Å². The minimum absolute atomic E-state index is 0.0444. The van der Waals surface area contributed by atoms with Crippen LogP contribution in [0.25, 0.3) is 11.3 Å². The molecule has 0 fully saturated rings. The first kappa shape index (κ1) is 16.7. The Morgan fingerprint density at radius 2 is 2.09 bits per heavy atom. The number of aryl methyl sites for hydroxylation is 1. The summed E-state index contributed by atoms with van der Waals surface area (Å²) in [5, 5.41) is 8.58. The maximum atomic E-state index is 11.2. The predicted molar refractivity (Wildman–Crippen MR) is 85.8 cm³/mol. The number of rotatable bonds is 9. The average molecular weight is 316 g/mol. The first-order valence-corrected chi connectivity index (χ1v) is 7.63. The molecule has 0 saturated carbocycles. The van der Waals surface area contributed by atoms with E-state index in [0.717, 1.165) is 36.9 Å². The zero-order chi connectivity index (χ0) is 16.7. The van der Waals surface area contributed by atoms with Crippen LogP contribution in [0, 0.1) is 0 Å². The van der Waals surface area contributed by atoms with E-state index in [9.17, 15) is 9.59 Å². The highest BCUT2D eigenvalue weighted by atomic mass is 16.5. The van der Waals surface area contributed by atoms with Crippen molar-refractivity contribution in [2.24, 2.45) is 0 Å². The molecule has 1 aromatic heterocycles. The SMILES string of the molecule is CCCCc1nc(-c2ccc(OCCC(=O)O)cc2)c(C=O)[nH]1. The van der Waals surface area contributed by atoms with Crippen molar-refractivity contribution < 1.29 is 19.4 Å². The summed E-state index contributed by atoms with van der Waals surface area (Å²) in [6.07, 6.45) is 3.62. The molecule has 0 aliphatic rings. The molecular weight excluding hydrogens is 296 g/mol. The molecule has 6 heteroatoms. The molecule has 23 heavy (non-hydrogen) atoms. The number of carboxylic acid groups (broad SMARTS) is 1. The molecule has 0 atom stereocenters. The van der Waals surface area contributed by atoms with Gasteiger partial charge in [0.25, 0.3) is 0 Å². The molecule has 0 aliphatic carbocycles. The van der Waals surface area contributed by atoms with Gasteiger partial charge in [0.15, 0.2) is 6.29 Å². The number of hydrogen-bond donors (Lipinski definition) is 2. The molecule has 0 amide bonds. The van der Waals surface area contributed by atoms with Crippen LogP contribution in [0.15, 0.2) is 24.3 Å². The fourth-order valence-corrected chi connectivity index (χ4v) is 2.17. The van der Waals surface area contributed by atoms with E-state index in [1.807, 2.05) is 12.1 Å². The number of benzene rings is 1. The molecule has 0 bridgehead atoms. The van der Waals surface area contributed by atoms with Crippen molar-refractivity contribution in [1.29, 1.82) is 0 Å². The Morgan fingerprint density at radius 3 is 2.70 bits per heavy atom. The number of nitrogens with one attached hydrogen (secondary N) is 1. The van der Waals surface area contributed by atoms with E-state index in [-0.39, 0.29) is 13.0 Å². The fraction of sp³-hybridized carbons (Fsp3) is 0.353. The molecule has 2 aromatic rings. The number of imidazole rings is 1. The van der Waals surface area contributed by atoms with Crippen molar-refractivity contribution in [1.82, 2.24) is 9.97 Å². The van der Waals surface area contributed by atoms with Crippen LogP contribution in [0.3, 0.4) is 0 Å². The Balaban J connectivity index is 2.10. The Kier molecular flexibility index (Phi) is 5.91. The van der Waals surface area contributed by atoms with Crippen molar-refractivity contribution in [2.45, 2.75) is 32.6 Å². The smallest absolute Gasteiger partial charge is 0.306 e. The molecule has 2 N–H and O–H groups in total. The number of carbonyl (C=O) groups is 2. The van der Waals surface area contributed by atoms with Gasteiger partial charge >= 0.3 is 5.97 Å². The number of nitrogens with zero attached hydrogens (tertiary/aromatic N) is 1. The number of hydrogen-bond acceptors (Lipinski definition) is 4. The highest BCUT2D eigenvalue weighted by Crippen LogP contribution is 2.24. The zero-order valence-electron chi connectivity index (χ0n) is 13.0. The van der Waals surface area contributed by atoms with Crippen molar-refractivity contribution in [3.63, 3.8) is 0 Å². The van der Waals surface area contributed by atoms with E-state index in [2.05, 4.69) is 16.9 Å². The third-order valence-electron chi connectivity index (χ3n) is 3.38. The van der Waals surface area contributed by atoms with Gasteiger partial charge in [-0.05, 0) is 30.7 Å². The number of aliphatic carboxylic acids is 1. The van der Waals surface area contributed by atoms with E-state index in [1.165, 1.54) is 0 Å². The molecule has 0 aliphatic heterocycles. The molecule has 0 saturated heterocycles. The normalized spacial score (nSPS) is 10.5. The third-order valence-corrected chi connectivity index (χ3v) is 3.38. The molecule has 1 aromatic carbocycles. The summed E-state index contributed by atoms with van der Waals surface area (Å²) in [6.45, 7) is 2.23. The Labute approximate surface area is 134 Å². The lowest BCUT2D eigenvalue weighted by molar-refractivity contribution is -0.137. The van der Waals surface area contributed by atoms with Crippen molar-refractivity contribution in [2.75, 3.05) is 6.61 Å². The molecule has 0 radical (unpaired) electrons. The van der Waals surface area contributed by atoms with Crippen LogP contribution in [0.4, 0.5) is 0 Å². The van der Waals surface area contributed by atoms with Gasteiger partial charge in [0.2, 0.25) is 0 Å². The van der Waals surface area contributed by atoms with E-state index in [4.69, 9.17) is 9.84 Å². The zero-order valence-corrected chi connectivity index (χ0v) is 13.0. The predicted octanol–water partition coefficient (Wildman–Crippen LogP) is 3.09. The molecule has 2 rings (SSSR count). The lowest BCUT2D eigenvalue weighted by atomic mass is 10.1. The number of aldehydes is 1. The van der Waals surface area contributed by atoms with E-state index in [0.29, 0.717) is 17.1 Å². The van der Waals surface area contributed by atoms with Crippen molar-refractivity contribution in [3.8, 4) is 17.0 Å². The number of carboxylic acids is 1. The molecule has 0 spiro atoms. The average Bonchev–Trinajstić information content (AvgIpc) is 2.96. The van der Waals surface area contributed by atoms with Gasteiger partial charge in [0.05, 0.1) is 18.7 Å². The van der Waals surface area contributed by atoms with Crippen LogP contribution in [-0.4, -0.2) is 33.9 Å². The fourth-order valence-electron chi connectivity index (χ4n) is 2.17. The van der Waals surface area contributed by atoms with E-state index < -0.39 is 5.97 Å². The van der Waals surface area contributed by atoms with Crippen molar-refractivity contribution >= 4 is 12.3 Å².